The average Bonchev–Trinajstić information content (AvgIpc) is 2.86. The number of benzene rings is 3. The van der Waals surface area contributed by atoms with Gasteiger partial charge in [0.1, 0.15) is 34.8 Å². The third-order valence-electron chi connectivity index (χ3n) is 5.89. The molecule has 4 rings (SSSR count). The highest BCUT2D eigenvalue weighted by Crippen LogP contribution is 2.37. The molecule has 5 nitrogen and oxygen atoms in total. The van der Waals surface area contributed by atoms with Crippen LogP contribution in [-0.4, -0.2) is 24.2 Å². The van der Waals surface area contributed by atoms with Crippen LogP contribution in [0.4, 0.5) is 27.6 Å². The highest BCUT2D eigenvalue weighted by Gasteiger charge is 2.28. The van der Waals surface area contributed by atoms with Crippen molar-refractivity contribution in [3.63, 3.8) is 0 Å². The van der Waals surface area contributed by atoms with E-state index in [2.05, 4.69) is 5.32 Å². The van der Waals surface area contributed by atoms with Gasteiger partial charge in [-0.3, -0.25) is 9.59 Å². The summed E-state index contributed by atoms with van der Waals surface area (Å²) in [6.07, 6.45) is 1.61. The predicted octanol–water partition coefficient (Wildman–Crippen LogP) is 6.13. The van der Waals surface area contributed by atoms with Crippen LogP contribution in [0.15, 0.2) is 47.4 Å². The molecule has 1 heterocycles. The Morgan fingerprint density at radius 1 is 0.974 bits per heavy atom. The highest BCUT2D eigenvalue weighted by atomic mass is 32.2. The van der Waals surface area contributed by atoms with Crippen molar-refractivity contribution >= 4 is 29.3 Å². The number of amides is 2. The third kappa shape index (κ3) is 6.09. The number of rotatable bonds is 9. The largest absolute Gasteiger partial charge is 0.493 e. The van der Waals surface area contributed by atoms with E-state index in [-0.39, 0.29) is 35.1 Å². The smallest absolute Gasteiger partial charge is 0.251 e. The standard InChI is InChI=1S/C27H23F5N2O3S/c1-2-3-6-37-17-10-22(31)19(23(32)11-17)13-34-24-5-4-15(7-25(24)38-14-26(34)35)27(36)33-12-18-20(29)8-16(28)9-21(18)30/h4-5,7-11H,2-3,6,12-14H2,1H3,(H,33,36). The van der Waals surface area contributed by atoms with Crippen LogP contribution in [0.25, 0.3) is 0 Å². The Morgan fingerprint density at radius 3 is 2.29 bits per heavy atom. The molecule has 2 amide bonds. The van der Waals surface area contributed by atoms with Gasteiger partial charge in [-0.15, -0.1) is 11.8 Å². The lowest BCUT2D eigenvalue weighted by Crippen LogP contribution is -2.35. The maximum Gasteiger partial charge on any atom is 0.251 e. The van der Waals surface area contributed by atoms with Crippen molar-refractivity contribution in [1.82, 2.24) is 5.32 Å². The Balaban J connectivity index is 1.51. The zero-order chi connectivity index (χ0) is 27.4. The molecule has 0 unspecified atom stereocenters. The molecule has 0 spiro atoms. The number of nitrogens with one attached hydrogen (secondary N) is 1. The number of fused-ring (bicyclic) bond motifs is 1. The predicted molar refractivity (Wildman–Crippen MR) is 133 cm³/mol. The van der Waals surface area contributed by atoms with Crippen molar-refractivity contribution in [3.05, 3.63) is 88.2 Å². The summed E-state index contributed by atoms with van der Waals surface area (Å²) >= 11 is 1.15. The first-order chi connectivity index (χ1) is 18.2. The summed E-state index contributed by atoms with van der Waals surface area (Å²) in [5.74, 6) is -6.01. The average molecular weight is 551 g/mol. The molecule has 0 saturated heterocycles. The van der Waals surface area contributed by atoms with Crippen molar-refractivity contribution in [2.24, 2.45) is 0 Å². The minimum absolute atomic E-state index is 0.0223. The number of halogens is 5. The number of carbonyl (C=O) groups excluding carboxylic acids is 2. The van der Waals surface area contributed by atoms with E-state index in [0.717, 1.165) is 36.7 Å². The molecule has 1 aliphatic rings. The molecule has 0 aliphatic carbocycles. The maximum absolute atomic E-state index is 14.8. The Hall–Kier alpha value is -3.60. The van der Waals surface area contributed by atoms with E-state index in [1.807, 2.05) is 6.92 Å². The van der Waals surface area contributed by atoms with Gasteiger partial charge < -0.3 is 15.0 Å². The van der Waals surface area contributed by atoms with Gasteiger partial charge in [0.15, 0.2) is 0 Å². The van der Waals surface area contributed by atoms with Gasteiger partial charge in [-0.1, -0.05) is 13.3 Å². The van der Waals surface area contributed by atoms with Crippen molar-refractivity contribution in [2.45, 2.75) is 37.8 Å². The van der Waals surface area contributed by atoms with Crippen molar-refractivity contribution in [3.8, 4) is 5.75 Å². The fraction of sp³-hybridized carbons (Fsp3) is 0.259. The Bertz CT molecular complexity index is 1340. The lowest BCUT2D eigenvalue weighted by molar-refractivity contribution is -0.116. The fourth-order valence-corrected chi connectivity index (χ4v) is 4.81. The second kappa shape index (κ2) is 11.8. The molecular formula is C27H23F5N2O3S. The number of thioether (sulfide) groups is 1. The molecule has 1 aliphatic heterocycles. The van der Waals surface area contributed by atoms with Crippen LogP contribution >= 0.6 is 11.8 Å². The first-order valence-corrected chi connectivity index (χ1v) is 12.8. The van der Waals surface area contributed by atoms with Crippen molar-refractivity contribution < 1.29 is 36.3 Å². The summed E-state index contributed by atoms with van der Waals surface area (Å²) in [7, 11) is 0. The van der Waals surface area contributed by atoms with E-state index in [4.69, 9.17) is 4.74 Å². The minimum atomic E-state index is -1.13. The van der Waals surface area contributed by atoms with Gasteiger partial charge in [-0.2, -0.15) is 0 Å². The van der Waals surface area contributed by atoms with E-state index in [9.17, 15) is 31.5 Å². The van der Waals surface area contributed by atoms with Gasteiger partial charge in [0.2, 0.25) is 5.91 Å². The number of hydrogen-bond acceptors (Lipinski definition) is 4. The molecule has 0 aromatic heterocycles. The summed E-state index contributed by atoms with van der Waals surface area (Å²) in [5, 5.41) is 2.38. The Morgan fingerprint density at radius 2 is 1.63 bits per heavy atom. The van der Waals surface area contributed by atoms with E-state index < -0.39 is 47.1 Å². The number of unbranched alkanes of at least 4 members (excludes halogenated alkanes) is 1. The Labute approximate surface area is 220 Å². The van der Waals surface area contributed by atoms with Crippen LogP contribution in [0.1, 0.15) is 41.3 Å². The molecule has 11 heteroatoms. The third-order valence-corrected chi connectivity index (χ3v) is 6.92. The molecule has 0 radical (unpaired) electrons. The number of nitrogens with zero attached hydrogens (tertiary/aromatic N) is 1. The maximum atomic E-state index is 14.8. The fourth-order valence-electron chi connectivity index (χ4n) is 3.84. The van der Waals surface area contributed by atoms with Crippen LogP contribution in [0.5, 0.6) is 5.75 Å². The lowest BCUT2D eigenvalue weighted by Gasteiger charge is -2.29. The minimum Gasteiger partial charge on any atom is -0.493 e. The number of carbonyl (C=O) groups is 2. The molecule has 3 aromatic carbocycles. The van der Waals surface area contributed by atoms with Gasteiger partial charge >= 0.3 is 0 Å². The van der Waals surface area contributed by atoms with Crippen LogP contribution in [0.2, 0.25) is 0 Å². The normalized spacial score (nSPS) is 12.9. The second-order valence-electron chi connectivity index (χ2n) is 8.55. The van der Waals surface area contributed by atoms with Crippen molar-refractivity contribution in [2.75, 3.05) is 17.3 Å². The van der Waals surface area contributed by atoms with Gasteiger partial charge in [0, 0.05) is 52.4 Å². The van der Waals surface area contributed by atoms with E-state index in [1.165, 1.54) is 23.1 Å². The van der Waals surface area contributed by atoms with Crippen LogP contribution < -0.4 is 15.0 Å². The van der Waals surface area contributed by atoms with E-state index >= 15 is 0 Å². The molecule has 0 atom stereocenters. The highest BCUT2D eigenvalue weighted by molar-refractivity contribution is 8.00. The molecule has 3 aromatic rings. The molecule has 38 heavy (non-hydrogen) atoms. The number of ether oxygens (including phenoxy) is 1. The summed E-state index contributed by atoms with van der Waals surface area (Å²) in [5.41, 5.74) is -0.293. The summed E-state index contributed by atoms with van der Waals surface area (Å²) < 4.78 is 75.7. The van der Waals surface area contributed by atoms with Crippen LogP contribution in [-0.2, 0) is 17.9 Å². The van der Waals surface area contributed by atoms with Crippen molar-refractivity contribution in [1.29, 1.82) is 0 Å². The van der Waals surface area contributed by atoms with Gasteiger partial charge in [0.25, 0.3) is 5.91 Å². The molecule has 0 fully saturated rings. The zero-order valence-corrected chi connectivity index (χ0v) is 21.1. The van der Waals surface area contributed by atoms with Gasteiger partial charge in [-0.05, 0) is 24.6 Å². The number of anilines is 1. The monoisotopic (exact) mass is 550 g/mol. The first-order valence-electron chi connectivity index (χ1n) is 11.8. The zero-order valence-electron chi connectivity index (χ0n) is 20.3. The second-order valence-corrected chi connectivity index (χ2v) is 9.57. The van der Waals surface area contributed by atoms with E-state index in [1.54, 1.807) is 0 Å². The molecule has 0 saturated carbocycles. The molecule has 0 bridgehead atoms. The SMILES string of the molecule is CCCCOc1cc(F)c(CN2C(=O)CSc3cc(C(=O)NCc4c(F)cc(F)cc4F)ccc32)c(F)c1. The quantitative estimate of drug-likeness (QED) is 0.257. The van der Waals surface area contributed by atoms with E-state index in [0.29, 0.717) is 29.3 Å². The molecule has 1 N–H and O–H groups in total. The Kier molecular flexibility index (Phi) is 8.55. The molecule has 200 valence electrons. The first kappa shape index (κ1) is 27.4. The lowest BCUT2D eigenvalue weighted by atomic mass is 10.1. The summed E-state index contributed by atoms with van der Waals surface area (Å²) in [4.78, 5) is 27.0. The molecular weight excluding hydrogens is 527 g/mol. The summed E-state index contributed by atoms with van der Waals surface area (Å²) in [6, 6.07) is 7.52. The van der Waals surface area contributed by atoms with Gasteiger partial charge in [-0.25, -0.2) is 22.0 Å². The summed E-state index contributed by atoms with van der Waals surface area (Å²) in [6.45, 7) is 1.41. The topological polar surface area (TPSA) is 58.6 Å². The number of hydrogen-bond donors (Lipinski definition) is 1. The van der Waals surface area contributed by atoms with Crippen LogP contribution in [0.3, 0.4) is 0 Å². The van der Waals surface area contributed by atoms with Crippen LogP contribution in [0, 0.1) is 29.1 Å². The van der Waals surface area contributed by atoms with Gasteiger partial charge in [0.05, 0.1) is 24.6 Å².